The second-order valence-corrected chi connectivity index (χ2v) is 26.0. The molecule has 16 nitrogen and oxygen atoms in total. The van der Waals surface area contributed by atoms with E-state index in [2.05, 4.69) is 83.9 Å². The van der Waals surface area contributed by atoms with Crippen LogP contribution in [0.1, 0.15) is 153 Å². The average molecular weight is 1160 g/mol. The van der Waals surface area contributed by atoms with Gasteiger partial charge in [0.05, 0.1) is 47.1 Å². The topological polar surface area (TPSA) is 200 Å². The van der Waals surface area contributed by atoms with Crippen LogP contribution in [0.25, 0.3) is 0 Å². The highest BCUT2D eigenvalue weighted by molar-refractivity contribution is 8.00. The fraction of sp³-hybridized carbons (Fsp3) is 0.690. The molecule has 434 valence electrons. The first-order valence-electron chi connectivity index (χ1n) is 28.3. The molecule has 0 saturated carbocycles. The van der Waals surface area contributed by atoms with Gasteiger partial charge in [-0.2, -0.15) is 0 Å². The number of thioether (sulfide) groups is 2. The summed E-state index contributed by atoms with van der Waals surface area (Å²) in [6.07, 6.45) is 11.9. The zero-order chi connectivity index (χ0) is 54.3. The second-order valence-electron chi connectivity index (χ2n) is 23.5. The van der Waals surface area contributed by atoms with Crippen LogP contribution in [0.5, 0.6) is 0 Å². The van der Waals surface area contributed by atoms with Crippen LogP contribution in [0, 0.1) is 10.8 Å². The third-order valence-corrected chi connectivity index (χ3v) is 19.5. The average Bonchev–Trinajstić information content (AvgIpc) is 4.17. The molecular formula is C58H88Cl2N8O8S2. The van der Waals surface area contributed by atoms with Crippen molar-refractivity contribution in [2.75, 3.05) is 38.8 Å². The number of rotatable bonds is 23. The molecule has 6 aliphatic rings. The lowest BCUT2D eigenvalue weighted by atomic mass is 9.83. The van der Waals surface area contributed by atoms with Gasteiger partial charge in [-0.1, -0.05) is 115 Å². The maximum Gasteiger partial charge on any atom is 0.246 e. The zero-order valence-electron chi connectivity index (χ0n) is 47.1. The molecule has 12 atom stereocenters. The summed E-state index contributed by atoms with van der Waals surface area (Å²) in [6.45, 7) is 13.0. The van der Waals surface area contributed by atoms with E-state index in [1.807, 2.05) is 24.3 Å². The molecule has 0 radical (unpaired) electrons. The third-order valence-electron chi connectivity index (χ3n) is 17.0. The number of hydrogen-bond donors (Lipinski definition) is 6. The number of benzene rings is 2. The molecule has 2 aromatic carbocycles. The first-order chi connectivity index (χ1) is 36.4. The third kappa shape index (κ3) is 14.5. The number of likely N-dealkylation sites (N-methyl/N-ethyl adjacent to an activating group) is 2. The lowest BCUT2D eigenvalue weighted by molar-refractivity contribution is -0.144. The van der Waals surface area contributed by atoms with Crippen LogP contribution in [-0.2, 0) is 51.1 Å². The van der Waals surface area contributed by atoms with Crippen molar-refractivity contribution in [3.05, 3.63) is 70.8 Å². The standard InChI is InChI=1S/C58H86N8O8S2.2ClH/c1-35(59-7)51(67)61-41-25-29-75-45-33-57(3,4)49(65(45)55(41)71)53(69)63-47-39-23-17-15-21-37(39)31-43(47)73-27-19-13-11-9-10-12-14-20-28-74-44-32-38-22-16-18-24-40(38)48(44)64-54(70)50-58(5,6)34-46-66(50)56(72)42(26-30-76-46)62-52(68)36(2)60-8;;/h15-18,21-24,35-36,41-50,59-60H,9-14,19-20,25-34H2,1-8H3,(H,61,67)(H,62,68)(H,63,69)(H,64,70);2*1H/t35-,36-,41-,42-,43+,44+,45-,46-,47-,48-,49+,50+;;/m0../s1. The number of hydrogen-bond acceptors (Lipinski definition) is 12. The minimum Gasteiger partial charge on any atom is -0.375 e. The monoisotopic (exact) mass is 1160 g/mol. The predicted octanol–water partition coefficient (Wildman–Crippen LogP) is 6.91. The van der Waals surface area contributed by atoms with Gasteiger partial charge >= 0.3 is 0 Å². The van der Waals surface area contributed by atoms with E-state index < -0.39 is 47.1 Å². The Morgan fingerprint density at radius 2 is 0.936 bits per heavy atom. The largest absolute Gasteiger partial charge is 0.375 e. The normalized spacial score (nSPS) is 28.3. The Labute approximate surface area is 484 Å². The van der Waals surface area contributed by atoms with Crippen LogP contribution in [0.2, 0.25) is 0 Å². The van der Waals surface area contributed by atoms with Crippen molar-refractivity contribution in [2.24, 2.45) is 10.8 Å². The van der Waals surface area contributed by atoms with E-state index in [9.17, 15) is 28.8 Å². The van der Waals surface area contributed by atoms with Gasteiger partial charge in [0.25, 0.3) is 0 Å². The number of ether oxygens (including phenoxy) is 2. The highest BCUT2D eigenvalue weighted by Crippen LogP contribution is 2.48. The molecule has 20 heteroatoms. The Morgan fingerprint density at radius 3 is 1.31 bits per heavy atom. The fourth-order valence-corrected chi connectivity index (χ4v) is 15.7. The molecule has 0 spiro atoms. The first-order valence-corrected chi connectivity index (χ1v) is 30.4. The number of carbonyl (C=O) groups excluding carboxylic acids is 6. The van der Waals surface area contributed by atoms with E-state index in [1.165, 1.54) is 11.1 Å². The first kappa shape index (κ1) is 63.6. The molecule has 0 aromatic heterocycles. The summed E-state index contributed by atoms with van der Waals surface area (Å²) in [5.74, 6) is 0.244. The minimum absolute atomic E-state index is 0. The molecule has 0 unspecified atom stereocenters. The lowest BCUT2D eigenvalue weighted by Crippen LogP contribution is -2.58. The Balaban J connectivity index is 0.00000492. The van der Waals surface area contributed by atoms with Gasteiger partial charge in [-0.15, -0.1) is 48.3 Å². The number of fused-ring (bicyclic) bond motifs is 4. The molecule has 4 fully saturated rings. The maximum atomic E-state index is 14.5. The molecule has 4 saturated heterocycles. The molecule has 4 aliphatic heterocycles. The maximum absolute atomic E-state index is 14.5. The van der Waals surface area contributed by atoms with Crippen LogP contribution in [0.3, 0.4) is 0 Å². The summed E-state index contributed by atoms with van der Waals surface area (Å²) in [6, 6.07) is 12.2. The van der Waals surface area contributed by atoms with Crippen molar-refractivity contribution < 1.29 is 38.2 Å². The van der Waals surface area contributed by atoms with E-state index in [4.69, 9.17) is 9.47 Å². The van der Waals surface area contributed by atoms with Crippen molar-refractivity contribution in [3.8, 4) is 0 Å². The van der Waals surface area contributed by atoms with Crippen molar-refractivity contribution in [1.82, 2.24) is 41.7 Å². The highest BCUT2D eigenvalue weighted by atomic mass is 35.5. The quantitative estimate of drug-likeness (QED) is 0.0630. The molecule has 0 bridgehead atoms. The van der Waals surface area contributed by atoms with E-state index in [0.29, 0.717) is 51.7 Å². The van der Waals surface area contributed by atoms with Crippen LogP contribution in [0.15, 0.2) is 48.5 Å². The Hall–Kier alpha value is -3.62. The summed E-state index contributed by atoms with van der Waals surface area (Å²) >= 11 is 3.39. The number of carbonyl (C=O) groups is 6. The van der Waals surface area contributed by atoms with Gasteiger partial charge in [-0.05, 0) is 111 Å². The Morgan fingerprint density at radius 1 is 0.577 bits per heavy atom. The summed E-state index contributed by atoms with van der Waals surface area (Å²) in [4.78, 5) is 86.7. The number of unbranched alkanes of at least 4 members (excludes halogenated alkanes) is 7. The van der Waals surface area contributed by atoms with E-state index >= 15 is 0 Å². The Kier molecular flexibility index (Phi) is 23.1. The molecular weight excluding hydrogens is 1070 g/mol. The van der Waals surface area contributed by atoms with Crippen LogP contribution in [0.4, 0.5) is 0 Å². The molecule has 2 aromatic rings. The van der Waals surface area contributed by atoms with Crippen molar-refractivity contribution >= 4 is 83.8 Å². The number of amides is 6. The van der Waals surface area contributed by atoms with Gasteiger partial charge in [-0.25, -0.2) is 0 Å². The summed E-state index contributed by atoms with van der Waals surface area (Å²) in [5.41, 5.74) is 3.53. The van der Waals surface area contributed by atoms with Crippen molar-refractivity contribution in [1.29, 1.82) is 0 Å². The number of nitrogens with one attached hydrogen (secondary N) is 6. The van der Waals surface area contributed by atoms with Gasteiger partial charge in [0, 0.05) is 26.1 Å². The summed E-state index contributed by atoms with van der Waals surface area (Å²) in [5, 5.41) is 18.3. The van der Waals surface area contributed by atoms with Crippen LogP contribution < -0.4 is 31.9 Å². The van der Waals surface area contributed by atoms with Gasteiger partial charge in [0.2, 0.25) is 35.4 Å². The molecule has 78 heavy (non-hydrogen) atoms. The SMILES string of the molecule is CN[C@@H](C)C(=O)N[C@H]1CCS[C@H]2CC(C)(C)[C@@H](C(=O)N[C@H]3c4ccccc4C[C@H]3OCCCCCCCCCCO[C@@H]3Cc4ccccc4[C@@H]3NC(=O)[C@H]3N4C(=O)[C@@H](NC(=O)[C@H](C)NC)CCS[C@H]4CC3(C)C)N2C1=O.Cl.Cl. The zero-order valence-corrected chi connectivity index (χ0v) is 50.3. The second kappa shape index (κ2) is 28.4. The van der Waals surface area contributed by atoms with Crippen LogP contribution in [-0.4, -0.2) is 143 Å². The molecule has 2 aliphatic carbocycles. The molecule has 8 rings (SSSR count). The number of halogens is 2. The van der Waals surface area contributed by atoms with Gasteiger partial charge in [0.15, 0.2) is 0 Å². The van der Waals surface area contributed by atoms with E-state index in [-0.39, 0.29) is 95.3 Å². The van der Waals surface area contributed by atoms with Crippen LogP contribution >= 0.6 is 48.3 Å². The van der Waals surface area contributed by atoms with E-state index in [0.717, 1.165) is 74.0 Å². The van der Waals surface area contributed by atoms with E-state index in [1.54, 1.807) is 61.3 Å². The highest BCUT2D eigenvalue weighted by Gasteiger charge is 2.57. The summed E-state index contributed by atoms with van der Waals surface area (Å²) < 4.78 is 13.2. The molecule has 4 heterocycles. The predicted molar refractivity (Wildman–Crippen MR) is 314 cm³/mol. The molecule has 6 amide bonds. The fourth-order valence-electron chi connectivity index (χ4n) is 12.5. The molecule has 6 N–H and O–H groups in total. The van der Waals surface area contributed by atoms with Crippen molar-refractivity contribution in [2.45, 2.75) is 203 Å². The van der Waals surface area contributed by atoms with Gasteiger partial charge in [-0.3, -0.25) is 28.8 Å². The smallest absolute Gasteiger partial charge is 0.246 e. The van der Waals surface area contributed by atoms with Crippen molar-refractivity contribution in [3.63, 3.8) is 0 Å². The van der Waals surface area contributed by atoms with Gasteiger partial charge < -0.3 is 51.2 Å². The van der Waals surface area contributed by atoms with Gasteiger partial charge in [0.1, 0.15) is 24.2 Å². The lowest BCUT2D eigenvalue weighted by Gasteiger charge is -2.35. The summed E-state index contributed by atoms with van der Waals surface area (Å²) in [7, 11) is 3.43. The number of nitrogens with zero attached hydrogens (tertiary/aromatic N) is 2. The minimum atomic E-state index is -0.683. The Bertz CT molecular complexity index is 2240.